The van der Waals surface area contributed by atoms with Crippen molar-refractivity contribution in [1.82, 2.24) is 4.90 Å². The van der Waals surface area contributed by atoms with Crippen molar-refractivity contribution >= 4 is 0 Å². The summed E-state index contributed by atoms with van der Waals surface area (Å²) in [5.41, 5.74) is 4.43. The molecule has 0 spiro atoms. The quantitative estimate of drug-likeness (QED) is 0.591. The second kappa shape index (κ2) is 9.69. The van der Waals surface area contributed by atoms with Gasteiger partial charge in [-0.3, -0.25) is 4.90 Å². The lowest BCUT2D eigenvalue weighted by atomic mass is 9.88. The molecular formula is C27H33NO7. The predicted molar refractivity (Wildman–Crippen MR) is 127 cm³/mol. The molecule has 3 N–H and O–H groups in total. The molecule has 8 heteroatoms. The van der Waals surface area contributed by atoms with Crippen molar-refractivity contribution in [1.29, 1.82) is 0 Å². The lowest BCUT2D eigenvalue weighted by Gasteiger charge is -2.46. The van der Waals surface area contributed by atoms with E-state index in [0.717, 1.165) is 29.0 Å². The first-order valence-electron chi connectivity index (χ1n) is 12.6. The van der Waals surface area contributed by atoms with Gasteiger partial charge in [-0.1, -0.05) is 24.3 Å². The van der Waals surface area contributed by atoms with Gasteiger partial charge in [0.05, 0.1) is 13.2 Å². The maximum atomic E-state index is 10.9. The van der Waals surface area contributed by atoms with Gasteiger partial charge >= 0.3 is 0 Å². The molecule has 0 bridgehead atoms. The molecule has 1 saturated carbocycles. The van der Waals surface area contributed by atoms with E-state index in [4.69, 9.17) is 18.9 Å². The number of aliphatic hydroxyl groups excluding tert-OH is 3. The summed E-state index contributed by atoms with van der Waals surface area (Å²) >= 11 is 0. The summed E-state index contributed by atoms with van der Waals surface area (Å²) in [5, 5.41) is 32.2. The van der Waals surface area contributed by atoms with Gasteiger partial charge in [0.1, 0.15) is 43.9 Å². The smallest absolute Gasteiger partial charge is 0.161 e. The second-order valence-electron chi connectivity index (χ2n) is 9.95. The summed E-state index contributed by atoms with van der Waals surface area (Å²) in [6, 6.07) is 12.3. The van der Waals surface area contributed by atoms with E-state index >= 15 is 0 Å². The van der Waals surface area contributed by atoms with Gasteiger partial charge in [-0.15, -0.1) is 0 Å². The molecule has 1 aliphatic carbocycles. The average molecular weight is 484 g/mol. The number of fused-ring (bicyclic) bond motifs is 1. The molecule has 0 aromatic heterocycles. The molecule has 2 aromatic rings. The summed E-state index contributed by atoms with van der Waals surface area (Å²) < 4.78 is 23.1. The molecule has 3 heterocycles. The highest BCUT2D eigenvalue weighted by molar-refractivity contribution is 5.47. The molecule has 2 aromatic carbocycles. The van der Waals surface area contributed by atoms with Gasteiger partial charge in [-0.25, -0.2) is 0 Å². The van der Waals surface area contributed by atoms with Crippen molar-refractivity contribution in [2.75, 3.05) is 39.5 Å². The number of rotatable bonds is 5. The summed E-state index contributed by atoms with van der Waals surface area (Å²) in [6.07, 6.45) is -2.08. The molecular weight excluding hydrogens is 450 g/mol. The van der Waals surface area contributed by atoms with Crippen LogP contribution in [0.25, 0.3) is 0 Å². The fraction of sp³-hybridized carbons (Fsp3) is 0.556. The van der Waals surface area contributed by atoms with Crippen molar-refractivity contribution in [3.63, 3.8) is 0 Å². The van der Waals surface area contributed by atoms with E-state index in [2.05, 4.69) is 18.2 Å². The largest absolute Gasteiger partial charge is 0.486 e. The number of benzene rings is 2. The Kier molecular flexibility index (Phi) is 6.43. The molecule has 8 nitrogen and oxygen atoms in total. The second-order valence-corrected chi connectivity index (χ2v) is 9.95. The molecule has 0 amide bonds. The molecule has 6 rings (SSSR count). The number of hydrogen-bond acceptors (Lipinski definition) is 8. The van der Waals surface area contributed by atoms with Crippen LogP contribution in [-0.4, -0.2) is 84.3 Å². The highest BCUT2D eigenvalue weighted by Crippen LogP contribution is 2.44. The van der Waals surface area contributed by atoms with Crippen LogP contribution in [0.3, 0.4) is 0 Å². The van der Waals surface area contributed by atoms with Gasteiger partial charge < -0.3 is 34.3 Å². The first-order valence-corrected chi connectivity index (χ1v) is 12.6. The van der Waals surface area contributed by atoms with Crippen molar-refractivity contribution in [3.8, 4) is 11.5 Å². The van der Waals surface area contributed by atoms with Gasteiger partial charge in [-0.05, 0) is 59.6 Å². The van der Waals surface area contributed by atoms with Crippen molar-refractivity contribution in [2.24, 2.45) is 0 Å². The fourth-order valence-corrected chi connectivity index (χ4v) is 5.44. The zero-order valence-corrected chi connectivity index (χ0v) is 19.7. The summed E-state index contributed by atoms with van der Waals surface area (Å²) in [5.74, 6) is 2.10. The van der Waals surface area contributed by atoms with E-state index in [9.17, 15) is 15.3 Å². The first-order chi connectivity index (χ1) is 17.1. The first kappa shape index (κ1) is 23.2. The highest BCUT2D eigenvalue weighted by Gasteiger charge is 2.46. The number of morpholine rings is 1. The molecule has 35 heavy (non-hydrogen) atoms. The van der Waals surface area contributed by atoms with E-state index in [-0.39, 0.29) is 0 Å². The van der Waals surface area contributed by atoms with E-state index in [0.29, 0.717) is 45.4 Å². The minimum Gasteiger partial charge on any atom is -0.486 e. The molecule has 3 aliphatic heterocycles. The Morgan fingerprint density at radius 2 is 1.57 bits per heavy atom. The van der Waals surface area contributed by atoms with Crippen LogP contribution >= 0.6 is 0 Å². The molecule has 3 fully saturated rings. The van der Waals surface area contributed by atoms with Gasteiger partial charge in [0.15, 0.2) is 11.5 Å². The Balaban J connectivity index is 1.29. The van der Waals surface area contributed by atoms with Gasteiger partial charge in [0.2, 0.25) is 0 Å². The predicted octanol–water partition coefficient (Wildman–Crippen LogP) is 1.74. The Morgan fingerprint density at radius 3 is 2.34 bits per heavy atom. The van der Waals surface area contributed by atoms with Crippen LogP contribution in [0, 0.1) is 0 Å². The van der Waals surface area contributed by atoms with Gasteiger partial charge in [0.25, 0.3) is 0 Å². The van der Waals surface area contributed by atoms with E-state index in [1.807, 2.05) is 23.1 Å². The lowest BCUT2D eigenvalue weighted by molar-refractivity contribution is -0.268. The van der Waals surface area contributed by atoms with E-state index in [1.165, 1.54) is 24.0 Å². The van der Waals surface area contributed by atoms with Crippen molar-refractivity contribution < 1.29 is 34.3 Å². The zero-order valence-electron chi connectivity index (χ0n) is 19.7. The third-order valence-corrected chi connectivity index (χ3v) is 7.51. The normalized spacial score (nSPS) is 31.3. The standard InChI is InChI=1S/C27H33NO7/c29-23-24(30)26(35-27(25(23)31)28-7-9-32-10-8-28)18-4-5-20(17-2-3-17)19(15-18)13-16-1-6-21-22(14-16)34-12-11-33-21/h1,4-6,14-15,17,23-27,29-31H,2-3,7-13H2/t23-,24-,25+,26+,27?/m1/s1. The molecule has 5 atom stereocenters. The molecule has 0 radical (unpaired) electrons. The van der Waals surface area contributed by atoms with Crippen molar-refractivity contribution in [3.05, 3.63) is 58.7 Å². The molecule has 188 valence electrons. The maximum Gasteiger partial charge on any atom is 0.161 e. The summed E-state index contributed by atoms with van der Waals surface area (Å²) in [7, 11) is 0. The summed E-state index contributed by atoms with van der Waals surface area (Å²) in [4.78, 5) is 1.98. The van der Waals surface area contributed by atoms with Crippen LogP contribution in [-0.2, 0) is 15.9 Å². The van der Waals surface area contributed by atoms with Crippen LogP contribution < -0.4 is 9.47 Å². The minimum absolute atomic E-state index is 0.547. The highest BCUT2D eigenvalue weighted by atomic mass is 16.6. The Bertz CT molecular complexity index is 1050. The monoisotopic (exact) mass is 483 g/mol. The van der Waals surface area contributed by atoms with Gasteiger partial charge in [0, 0.05) is 13.1 Å². The number of aliphatic hydroxyl groups is 3. The van der Waals surface area contributed by atoms with Crippen LogP contribution in [0.15, 0.2) is 36.4 Å². The number of nitrogens with zero attached hydrogens (tertiary/aromatic N) is 1. The van der Waals surface area contributed by atoms with Gasteiger partial charge in [-0.2, -0.15) is 0 Å². The topological polar surface area (TPSA) is 101 Å². The van der Waals surface area contributed by atoms with Crippen LogP contribution in [0.4, 0.5) is 0 Å². The molecule has 2 saturated heterocycles. The Labute approximate surface area is 205 Å². The minimum atomic E-state index is -1.30. The fourth-order valence-electron chi connectivity index (χ4n) is 5.44. The molecule has 4 aliphatic rings. The lowest BCUT2D eigenvalue weighted by Crippen LogP contribution is -2.61. The maximum absolute atomic E-state index is 10.9. The Morgan fingerprint density at radius 1 is 0.800 bits per heavy atom. The zero-order chi connectivity index (χ0) is 23.9. The van der Waals surface area contributed by atoms with Crippen LogP contribution in [0.5, 0.6) is 11.5 Å². The third-order valence-electron chi connectivity index (χ3n) is 7.51. The number of ether oxygens (including phenoxy) is 4. The molecule has 1 unspecified atom stereocenters. The van der Waals surface area contributed by atoms with Crippen LogP contribution in [0.2, 0.25) is 0 Å². The van der Waals surface area contributed by atoms with Crippen LogP contribution in [0.1, 0.15) is 47.1 Å². The Hall–Kier alpha value is -2.20. The van der Waals surface area contributed by atoms with E-state index in [1.54, 1.807) is 0 Å². The SMILES string of the molecule is O[C@@H]1[C@@H](O)[C@H](c2ccc(C3CC3)c(Cc3ccc4c(c3)OCCO4)c2)OC(N2CCOCC2)[C@H]1O. The number of hydrogen-bond donors (Lipinski definition) is 3. The van der Waals surface area contributed by atoms with Crippen molar-refractivity contribution in [2.45, 2.75) is 55.8 Å². The van der Waals surface area contributed by atoms with E-state index < -0.39 is 30.6 Å². The summed E-state index contributed by atoms with van der Waals surface area (Å²) in [6.45, 7) is 3.42. The third kappa shape index (κ3) is 4.67. The average Bonchev–Trinajstić information content (AvgIpc) is 3.73.